The van der Waals surface area contributed by atoms with Crippen LogP contribution in [0.25, 0.3) is 12.2 Å². The highest BCUT2D eigenvalue weighted by Gasteiger charge is 2.34. The molecule has 0 fully saturated rings. The maximum atomic E-state index is 13.6. The molecule has 4 rings (SSSR count). The highest BCUT2D eigenvalue weighted by atomic mass is 16.5. The number of benzene rings is 1. The molecule has 3 atom stereocenters. The van der Waals surface area contributed by atoms with Crippen LogP contribution in [-0.4, -0.2) is 75.9 Å². The summed E-state index contributed by atoms with van der Waals surface area (Å²) in [5, 5.41) is 16.6. The van der Waals surface area contributed by atoms with Gasteiger partial charge in [-0.3, -0.25) is 4.79 Å². The summed E-state index contributed by atoms with van der Waals surface area (Å²) in [6.45, 7) is 7.65. The van der Waals surface area contributed by atoms with Gasteiger partial charge in [0.25, 0.3) is 5.91 Å². The Bertz CT molecular complexity index is 1320. The van der Waals surface area contributed by atoms with Crippen molar-refractivity contribution in [3.63, 3.8) is 0 Å². The van der Waals surface area contributed by atoms with Gasteiger partial charge in [0, 0.05) is 25.7 Å². The lowest BCUT2D eigenvalue weighted by Gasteiger charge is -2.37. The number of fused-ring (bicyclic) bond motifs is 1. The molecule has 0 spiro atoms. The third-order valence-corrected chi connectivity index (χ3v) is 6.88. The zero-order valence-corrected chi connectivity index (χ0v) is 22.9. The van der Waals surface area contributed by atoms with Crippen molar-refractivity contribution in [3.05, 3.63) is 70.7 Å². The van der Waals surface area contributed by atoms with E-state index in [1.807, 2.05) is 49.4 Å². The summed E-state index contributed by atoms with van der Waals surface area (Å²) in [5.41, 5.74) is 3.20. The van der Waals surface area contributed by atoms with E-state index < -0.39 is 12.1 Å². The molecular formula is C29H35N5O5. The fourth-order valence-electron chi connectivity index (χ4n) is 4.40. The van der Waals surface area contributed by atoms with Gasteiger partial charge in [0.15, 0.2) is 5.76 Å². The molecule has 1 aliphatic heterocycles. The van der Waals surface area contributed by atoms with E-state index in [-0.39, 0.29) is 36.9 Å². The van der Waals surface area contributed by atoms with E-state index in [0.717, 1.165) is 11.1 Å². The number of aromatic nitrogens is 2. The number of urea groups is 1. The summed E-state index contributed by atoms with van der Waals surface area (Å²) in [5.74, 6) is 0.295. The SMILES string of the molecule is Cc1noc(C)c1NC(=O)N(C)C[C@H]1Oc2ncc(C=Cc3ccccc3)cc2C(=O)N([C@H](C)CO)C[C@@H]1C. The molecule has 0 saturated heterocycles. The molecule has 0 radical (unpaired) electrons. The first-order valence-electron chi connectivity index (χ1n) is 12.9. The number of pyridine rings is 1. The zero-order chi connectivity index (χ0) is 28.1. The monoisotopic (exact) mass is 533 g/mol. The molecule has 3 heterocycles. The Kier molecular flexibility index (Phi) is 8.65. The number of carbonyl (C=O) groups excluding carboxylic acids is 2. The molecule has 2 N–H and O–H groups in total. The molecule has 2 aromatic heterocycles. The number of ether oxygens (including phenoxy) is 1. The molecule has 206 valence electrons. The molecule has 39 heavy (non-hydrogen) atoms. The Balaban J connectivity index is 1.60. The van der Waals surface area contributed by atoms with Crippen LogP contribution in [0, 0.1) is 19.8 Å². The quantitative estimate of drug-likeness (QED) is 0.466. The Hall–Kier alpha value is -4.18. The first-order valence-corrected chi connectivity index (χ1v) is 12.9. The van der Waals surface area contributed by atoms with Gasteiger partial charge in [0.2, 0.25) is 5.88 Å². The maximum Gasteiger partial charge on any atom is 0.321 e. The van der Waals surface area contributed by atoms with Crippen LogP contribution in [0.3, 0.4) is 0 Å². The predicted octanol–water partition coefficient (Wildman–Crippen LogP) is 4.24. The molecule has 1 aliphatic rings. The number of aliphatic hydroxyl groups excluding tert-OH is 1. The zero-order valence-electron chi connectivity index (χ0n) is 22.9. The number of nitrogens with zero attached hydrogens (tertiary/aromatic N) is 4. The number of nitrogens with one attached hydrogen (secondary N) is 1. The average molecular weight is 534 g/mol. The topological polar surface area (TPSA) is 121 Å². The van der Waals surface area contributed by atoms with Crippen molar-refractivity contribution in [1.29, 1.82) is 0 Å². The number of amides is 3. The van der Waals surface area contributed by atoms with Crippen LogP contribution >= 0.6 is 0 Å². The summed E-state index contributed by atoms with van der Waals surface area (Å²) >= 11 is 0. The number of hydrogen-bond donors (Lipinski definition) is 2. The van der Waals surface area contributed by atoms with E-state index in [9.17, 15) is 14.7 Å². The number of likely N-dealkylation sites (N-methyl/N-ethyl adjacent to an activating group) is 1. The van der Waals surface area contributed by atoms with Gasteiger partial charge < -0.3 is 29.5 Å². The number of aryl methyl sites for hydroxylation is 2. The predicted molar refractivity (Wildman–Crippen MR) is 148 cm³/mol. The lowest BCUT2D eigenvalue weighted by molar-refractivity contribution is 0.0356. The summed E-state index contributed by atoms with van der Waals surface area (Å²) in [6.07, 6.45) is 5.02. The molecule has 0 saturated carbocycles. The first kappa shape index (κ1) is 27.8. The van der Waals surface area contributed by atoms with Crippen molar-refractivity contribution in [2.45, 2.75) is 39.8 Å². The van der Waals surface area contributed by atoms with E-state index in [4.69, 9.17) is 9.26 Å². The number of anilines is 1. The minimum atomic E-state index is -0.469. The molecule has 1 aromatic carbocycles. The summed E-state index contributed by atoms with van der Waals surface area (Å²) in [7, 11) is 1.67. The van der Waals surface area contributed by atoms with E-state index in [1.165, 1.54) is 4.90 Å². The van der Waals surface area contributed by atoms with Gasteiger partial charge in [-0.05, 0) is 38.0 Å². The van der Waals surface area contributed by atoms with Crippen LogP contribution in [0.4, 0.5) is 10.5 Å². The molecule has 10 nitrogen and oxygen atoms in total. The number of carbonyl (C=O) groups is 2. The highest BCUT2D eigenvalue weighted by Crippen LogP contribution is 2.28. The maximum absolute atomic E-state index is 13.6. The largest absolute Gasteiger partial charge is 0.472 e. The van der Waals surface area contributed by atoms with Crippen molar-refractivity contribution >= 4 is 29.8 Å². The van der Waals surface area contributed by atoms with Gasteiger partial charge in [-0.15, -0.1) is 0 Å². The van der Waals surface area contributed by atoms with E-state index in [2.05, 4.69) is 15.5 Å². The van der Waals surface area contributed by atoms with Gasteiger partial charge in [-0.2, -0.15) is 0 Å². The van der Waals surface area contributed by atoms with Crippen molar-refractivity contribution in [3.8, 4) is 5.88 Å². The Morgan fingerprint density at radius 3 is 2.64 bits per heavy atom. The molecule has 0 aliphatic carbocycles. The second-order valence-electron chi connectivity index (χ2n) is 10.00. The van der Waals surface area contributed by atoms with Gasteiger partial charge in [-0.25, -0.2) is 9.78 Å². The van der Waals surface area contributed by atoms with Crippen molar-refractivity contribution in [2.24, 2.45) is 5.92 Å². The summed E-state index contributed by atoms with van der Waals surface area (Å²) < 4.78 is 11.4. The molecular weight excluding hydrogens is 498 g/mol. The molecule has 3 amide bonds. The Labute approximate surface area is 228 Å². The Morgan fingerprint density at radius 2 is 1.97 bits per heavy atom. The van der Waals surface area contributed by atoms with Crippen LogP contribution in [0.15, 0.2) is 47.1 Å². The van der Waals surface area contributed by atoms with E-state index >= 15 is 0 Å². The van der Waals surface area contributed by atoms with E-state index in [0.29, 0.717) is 29.2 Å². The standard InChI is InChI=1S/C29H35N5O5/c1-18-15-34(19(2)17-35)28(36)24-13-23(12-11-22-9-7-6-8-10-22)14-30-27(24)38-25(18)16-33(5)29(37)31-26-20(3)32-39-21(26)4/h6-14,18-19,25,35H,15-17H2,1-5H3,(H,31,37)/t18-,19+,25+/m0/s1. The van der Waals surface area contributed by atoms with Crippen LogP contribution in [0.5, 0.6) is 5.88 Å². The minimum absolute atomic E-state index is 0.162. The van der Waals surface area contributed by atoms with Crippen LogP contribution < -0.4 is 10.1 Å². The lowest BCUT2D eigenvalue weighted by Crippen LogP contribution is -2.50. The van der Waals surface area contributed by atoms with Gasteiger partial charge in [0.05, 0.1) is 19.2 Å². The molecule has 0 unspecified atom stereocenters. The van der Waals surface area contributed by atoms with Crippen molar-refractivity contribution in [1.82, 2.24) is 19.9 Å². The molecule has 10 heteroatoms. The summed E-state index contributed by atoms with van der Waals surface area (Å²) in [4.78, 5) is 34.3. The second-order valence-corrected chi connectivity index (χ2v) is 10.00. The number of aliphatic hydroxyl groups is 1. The normalized spacial score (nSPS) is 18.2. The fraction of sp³-hybridized carbons (Fsp3) is 0.379. The van der Waals surface area contributed by atoms with Crippen molar-refractivity contribution in [2.75, 3.05) is 32.1 Å². The highest BCUT2D eigenvalue weighted by molar-refractivity contribution is 5.97. The van der Waals surface area contributed by atoms with E-state index in [1.54, 1.807) is 45.0 Å². The van der Waals surface area contributed by atoms with Crippen LogP contribution in [-0.2, 0) is 0 Å². The number of hydrogen-bond acceptors (Lipinski definition) is 7. The lowest BCUT2D eigenvalue weighted by atomic mass is 10.00. The third-order valence-electron chi connectivity index (χ3n) is 6.88. The van der Waals surface area contributed by atoms with Gasteiger partial charge >= 0.3 is 6.03 Å². The Morgan fingerprint density at radius 1 is 1.26 bits per heavy atom. The number of rotatable bonds is 7. The third kappa shape index (κ3) is 6.46. The van der Waals surface area contributed by atoms with Crippen LogP contribution in [0.1, 0.15) is 46.8 Å². The second kappa shape index (κ2) is 12.1. The molecule has 3 aromatic rings. The fourth-order valence-corrected chi connectivity index (χ4v) is 4.40. The van der Waals surface area contributed by atoms with Crippen LogP contribution in [0.2, 0.25) is 0 Å². The molecule has 0 bridgehead atoms. The van der Waals surface area contributed by atoms with Gasteiger partial charge in [-0.1, -0.05) is 54.6 Å². The van der Waals surface area contributed by atoms with Crippen molar-refractivity contribution < 1.29 is 24.0 Å². The average Bonchev–Trinajstić information content (AvgIpc) is 3.25. The smallest absolute Gasteiger partial charge is 0.321 e. The summed E-state index contributed by atoms with van der Waals surface area (Å²) in [6, 6.07) is 10.8. The van der Waals surface area contributed by atoms with Gasteiger partial charge in [0.1, 0.15) is 23.0 Å². The first-order chi connectivity index (χ1) is 18.7. The minimum Gasteiger partial charge on any atom is -0.472 e.